The van der Waals surface area contributed by atoms with Gasteiger partial charge in [-0.05, 0) is 40.4 Å². The van der Waals surface area contributed by atoms with Gasteiger partial charge in [-0.2, -0.15) is 0 Å². The maximum absolute atomic E-state index is 5.87. The highest BCUT2D eigenvalue weighted by atomic mass is 15.0. The largest absolute Gasteiger partial charge is 0.328 e. The second-order valence-corrected chi connectivity index (χ2v) is 3.32. The molecule has 70 valence electrons. The van der Waals surface area contributed by atoms with Crippen molar-refractivity contribution in [2.45, 2.75) is 32.2 Å². The van der Waals surface area contributed by atoms with Crippen LogP contribution in [0.15, 0.2) is 0 Å². The Balaban J connectivity index is 3.31. The zero-order valence-corrected chi connectivity index (χ0v) is 8.43. The summed E-state index contributed by atoms with van der Waals surface area (Å²) in [6.45, 7) is 2.94. The number of nitrogens with two attached hydrogens (primary N) is 1. The van der Waals surface area contributed by atoms with Crippen molar-refractivity contribution >= 4 is 0 Å². The molecule has 0 aliphatic carbocycles. The first-order valence-electron chi connectivity index (χ1n) is 4.46. The summed E-state index contributed by atoms with van der Waals surface area (Å²) < 4.78 is 0. The summed E-state index contributed by atoms with van der Waals surface area (Å²) in [6.07, 6.45) is 3.03. The van der Waals surface area contributed by atoms with Crippen molar-refractivity contribution in [1.82, 2.24) is 4.90 Å². The molecule has 0 aliphatic heterocycles. The van der Waals surface area contributed by atoms with Gasteiger partial charge < -0.3 is 10.6 Å². The lowest BCUT2D eigenvalue weighted by Gasteiger charge is -2.13. The molecular weight excluding hydrogens is 148 g/mol. The molecule has 1 unspecified atom stereocenters. The minimum Gasteiger partial charge on any atom is -0.328 e. The Labute approximate surface area is 76.1 Å². The maximum Gasteiger partial charge on any atom is 0.0103 e. The number of nitrogens with zero attached hydrogens (tertiary/aromatic N) is 1. The molecule has 2 N–H and O–H groups in total. The second-order valence-electron chi connectivity index (χ2n) is 3.32. The van der Waals surface area contributed by atoms with Gasteiger partial charge >= 0.3 is 0 Å². The zero-order chi connectivity index (χ0) is 9.40. The normalized spacial score (nSPS) is 12.4. The Morgan fingerprint density at radius 2 is 2.00 bits per heavy atom. The standard InChI is InChI=1S/C10H20N2/c1-4-5-6-7-10(11)8-9-12(2)3/h10H,6-9,11H2,1-3H3. The van der Waals surface area contributed by atoms with Crippen LogP contribution in [0.2, 0.25) is 0 Å². The predicted molar refractivity (Wildman–Crippen MR) is 53.8 cm³/mol. The first-order valence-corrected chi connectivity index (χ1v) is 4.46. The van der Waals surface area contributed by atoms with Gasteiger partial charge in [0.25, 0.3) is 0 Å². The molecule has 0 bridgehead atoms. The average molecular weight is 168 g/mol. The molecule has 0 heterocycles. The molecule has 0 aliphatic rings. The molecule has 1 atom stereocenters. The molecule has 2 heteroatoms. The van der Waals surface area contributed by atoms with E-state index in [1.54, 1.807) is 0 Å². The van der Waals surface area contributed by atoms with E-state index in [2.05, 4.69) is 30.8 Å². The molecule has 0 saturated heterocycles. The fourth-order valence-electron chi connectivity index (χ4n) is 0.951. The van der Waals surface area contributed by atoms with Crippen molar-refractivity contribution in [2.24, 2.45) is 5.73 Å². The van der Waals surface area contributed by atoms with Gasteiger partial charge in [0.05, 0.1) is 0 Å². The van der Waals surface area contributed by atoms with Gasteiger partial charge in [0, 0.05) is 12.5 Å². The van der Waals surface area contributed by atoms with Crippen molar-refractivity contribution < 1.29 is 0 Å². The van der Waals surface area contributed by atoms with E-state index >= 15 is 0 Å². The summed E-state index contributed by atoms with van der Waals surface area (Å²) in [5.74, 6) is 5.90. The van der Waals surface area contributed by atoms with Crippen LogP contribution in [0.25, 0.3) is 0 Å². The van der Waals surface area contributed by atoms with Crippen LogP contribution in [0.4, 0.5) is 0 Å². The summed E-state index contributed by atoms with van der Waals surface area (Å²) in [4.78, 5) is 2.16. The quantitative estimate of drug-likeness (QED) is 0.622. The van der Waals surface area contributed by atoms with Crippen LogP contribution < -0.4 is 5.73 Å². The summed E-state index contributed by atoms with van der Waals surface area (Å²) in [7, 11) is 4.14. The van der Waals surface area contributed by atoms with Crippen LogP contribution in [0.3, 0.4) is 0 Å². The summed E-state index contributed by atoms with van der Waals surface area (Å²) >= 11 is 0. The molecule has 0 radical (unpaired) electrons. The van der Waals surface area contributed by atoms with Gasteiger partial charge in [0.15, 0.2) is 0 Å². The third-order valence-electron chi connectivity index (χ3n) is 1.76. The Morgan fingerprint density at radius 1 is 1.33 bits per heavy atom. The van der Waals surface area contributed by atoms with E-state index in [9.17, 15) is 0 Å². The summed E-state index contributed by atoms with van der Waals surface area (Å²) in [5, 5.41) is 0. The van der Waals surface area contributed by atoms with E-state index < -0.39 is 0 Å². The molecule has 0 aromatic heterocycles. The maximum atomic E-state index is 5.87. The van der Waals surface area contributed by atoms with E-state index in [0.29, 0.717) is 6.04 Å². The van der Waals surface area contributed by atoms with Gasteiger partial charge in [-0.15, -0.1) is 11.8 Å². The van der Waals surface area contributed by atoms with Gasteiger partial charge in [0.2, 0.25) is 0 Å². The van der Waals surface area contributed by atoms with Crippen molar-refractivity contribution in [3.8, 4) is 11.8 Å². The average Bonchev–Trinajstić information content (AvgIpc) is 2.01. The molecule has 12 heavy (non-hydrogen) atoms. The van der Waals surface area contributed by atoms with E-state index in [1.165, 1.54) is 0 Å². The SMILES string of the molecule is CC#CCCC(N)CCN(C)C. The molecule has 2 nitrogen and oxygen atoms in total. The van der Waals surface area contributed by atoms with Crippen LogP contribution in [0.1, 0.15) is 26.2 Å². The number of hydrogen-bond donors (Lipinski definition) is 1. The fraction of sp³-hybridized carbons (Fsp3) is 0.800. The highest BCUT2D eigenvalue weighted by Crippen LogP contribution is 1.98. The van der Waals surface area contributed by atoms with E-state index in [1.807, 2.05) is 6.92 Å². The lowest BCUT2D eigenvalue weighted by Crippen LogP contribution is -2.25. The molecule has 0 aromatic rings. The lowest BCUT2D eigenvalue weighted by atomic mass is 10.1. The Morgan fingerprint density at radius 3 is 2.50 bits per heavy atom. The highest BCUT2D eigenvalue weighted by molar-refractivity contribution is 4.95. The van der Waals surface area contributed by atoms with Gasteiger partial charge in [-0.1, -0.05) is 0 Å². The fourth-order valence-corrected chi connectivity index (χ4v) is 0.951. The predicted octanol–water partition coefficient (Wildman–Crippen LogP) is 1.07. The third kappa shape index (κ3) is 7.59. The van der Waals surface area contributed by atoms with Crippen molar-refractivity contribution in [3.05, 3.63) is 0 Å². The second kappa shape index (κ2) is 7.15. The Hall–Kier alpha value is -0.520. The Bertz CT molecular complexity index is 153. The van der Waals surface area contributed by atoms with Crippen molar-refractivity contribution in [1.29, 1.82) is 0 Å². The van der Waals surface area contributed by atoms with Crippen LogP contribution in [0, 0.1) is 11.8 Å². The highest BCUT2D eigenvalue weighted by Gasteiger charge is 2.01. The summed E-state index contributed by atoms with van der Waals surface area (Å²) in [5.41, 5.74) is 5.87. The van der Waals surface area contributed by atoms with Crippen molar-refractivity contribution in [2.75, 3.05) is 20.6 Å². The van der Waals surface area contributed by atoms with E-state index in [4.69, 9.17) is 5.73 Å². The molecule has 0 fully saturated rings. The van der Waals surface area contributed by atoms with Crippen LogP contribution in [-0.2, 0) is 0 Å². The van der Waals surface area contributed by atoms with E-state index in [0.717, 1.165) is 25.8 Å². The summed E-state index contributed by atoms with van der Waals surface area (Å²) in [6, 6.07) is 0.313. The number of rotatable bonds is 5. The van der Waals surface area contributed by atoms with Crippen LogP contribution >= 0.6 is 0 Å². The minimum absolute atomic E-state index is 0.313. The molecule has 0 amide bonds. The van der Waals surface area contributed by atoms with Crippen molar-refractivity contribution in [3.63, 3.8) is 0 Å². The molecule has 0 spiro atoms. The minimum atomic E-state index is 0.313. The molecular formula is C10H20N2. The molecule has 0 rings (SSSR count). The monoisotopic (exact) mass is 168 g/mol. The topological polar surface area (TPSA) is 29.3 Å². The molecule has 0 aromatic carbocycles. The van der Waals surface area contributed by atoms with Gasteiger partial charge in [-0.25, -0.2) is 0 Å². The van der Waals surface area contributed by atoms with Crippen LogP contribution in [-0.4, -0.2) is 31.6 Å². The zero-order valence-electron chi connectivity index (χ0n) is 8.43. The number of hydrogen-bond acceptors (Lipinski definition) is 2. The van der Waals surface area contributed by atoms with Gasteiger partial charge in [-0.3, -0.25) is 0 Å². The smallest absolute Gasteiger partial charge is 0.0103 e. The first kappa shape index (κ1) is 11.5. The van der Waals surface area contributed by atoms with Gasteiger partial charge in [0.1, 0.15) is 0 Å². The van der Waals surface area contributed by atoms with Crippen LogP contribution in [0.5, 0.6) is 0 Å². The van der Waals surface area contributed by atoms with E-state index in [-0.39, 0.29) is 0 Å². The lowest BCUT2D eigenvalue weighted by molar-refractivity contribution is 0.376. The first-order chi connectivity index (χ1) is 5.66. The molecule has 0 saturated carbocycles. The Kier molecular flexibility index (Phi) is 6.84. The third-order valence-corrected chi connectivity index (χ3v) is 1.76.